The molecule has 2 N–H and O–H groups in total. The van der Waals surface area contributed by atoms with Crippen LogP contribution in [0.1, 0.15) is 35.0 Å². The molecule has 8 heteroatoms. The van der Waals surface area contributed by atoms with E-state index >= 15 is 0 Å². The minimum Gasteiger partial charge on any atom is -0.495 e. The largest absolute Gasteiger partial charge is 0.495 e. The van der Waals surface area contributed by atoms with Gasteiger partial charge >= 0.3 is 0 Å². The number of benzene rings is 1. The standard InChI is InChI=1S/C19H19ClN4O3/c1-11(2)21-18(25)16-14-6-4-5-9-24(14)17(23-16)19(26)22-12-7-8-15(27-3)13(20)10-12/h4-11H,1-3H3,(H,21,25)(H,22,26). The van der Waals surface area contributed by atoms with Crippen molar-refractivity contribution in [1.82, 2.24) is 14.7 Å². The Morgan fingerprint density at radius 3 is 2.63 bits per heavy atom. The molecule has 0 aliphatic heterocycles. The minimum atomic E-state index is -0.457. The maximum atomic E-state index is 12.8. The normalized spacial score (nSPS) is 10.9. The molecule has 0 bridgehead atoms. The molecule has 0 spiro atoms. The average molecular weight is 387 g/mol. The zero-order valence-corrected chi connectivity index (χ0v) is 15.9. The lowest BCUT2D eigenvalue weighted by molar-refractivity contribution is 0.0940. The third-order valence-corrected chi connectivity index (χ3v) is 4.09. The number of rotatable bonds is 5. The Balaban J connectivity index is 1.95. The second-order valence-electron chi connectivity index (χ2n) is 6.17. The van der Waals surface area contributed by atoms with E-state index in [0.29, 0.717) is 22.0 Å². The molecule has 140 valence electrons. The van der Waals surface area contributed by atoms with Crippen molar-refractivity contribution in [1.29, 1.82) is 0 Å². The summed E-state index contributed by atoms with van der Waals surface area (Å²) in [5.41, 5.74) is 1.24. The number of methoxy groups -OCH3 is 1. The van der Waals surface area contributed by atoms with Crippen LogP contribution in [0.15, 0.2) is 42.6 Å². The highest BCUT2D eigenvalue weighted by Gasteiger charge is 2.22. The monoisotopic (exact) mass is 386 g/mol. The van der Waals surface area contributed by atoms with E-state index in [2.05, 4.69) is 15.6 Å². The molecule has 1 aromatic carbocycles. The van der Waals surface area contributed by atoms with Gasteiger partial charge in [-0.05, 0) is 44.2 Å². The first-order valence-electron chi connectivity index (χ1n) is 8.33. The van der Waals surface area contributed by atoms with Crippen molar-refractivity contribution in [3.05, 3.63) is 59.1 Å². The van der Waals surface area contributed by atoms with Gasteiger partial charge in [-0.2, -0.15) is 0 Å². The number of amides is 2. The van der Waals surface area contributed by atoms with Gasteiger partial charge in [0.15, 0.2) is 5.69 Å². The van der Waals surface area contributed by atoms with Crippen LogP contribution in [0.25, 0.3) is 5.52 Å². The summed E-state index contributed by atoms with van der Waals surface area (Å²) >= 11 is 6.10. The number of nitrogens with zero attached hydrogens (tertiary/aromatic N) is 2. The molecule has 2 heterocycles. The fourth-order valence-corrected chi connectivity index (χ4v) is 2.88. The quantitative estimate of drug-likeness (QED) is 0.704. The number of ether oxygens (including phenoxy) is 1. The molecule has 2 amide bonds. The summed E-state index contributed by atoms with van der Waals surface area (Å²) in [5.74, 6) is -0.179. The molecule has 0 atom stereocenters. The Kier molecular flexibility index (Phi) is 5.32. The van der Waals surface area contributed by atoms with Crippen molar-refractivity contribution in [2.24, 2.45) is 0 Å². The summed E-state index contributed by atoms with van der Waals surface area (Å²) in [4.78, 5) is 29.5. The first kappa shape index (κ1) is 18.7. The maximum absolute atomic E-state index is 12.8. The third-order valence-electron chi connectivity index (χ3n) is 3.80. The number of carbonyl (C=O) groups excluding carboxylic acids is 2. The van der Waals surface area contributed by atoms with E-state index in [1.807, 2.05) is 13.8 Å². The number of aromatic nitrogens is 2. The summed E-state index contributed by atoms with van der Waals surface area (Å²) in [6.07, 6.45) is 1.68. The number of hydrogen-bond donors (Lipinski definition) is 2. The van der Waals surface area contributed by atoms with Gasteiger partial charge < -0.3 is 15.4 Å². The van der Waals surface area contributed by atoms with Gasteiger partial charge in [0.25, 0.3) is 11.8 Å². The highest BCUT2D eigenvalue weighted by Crippen LogP contribution is 2.27. The van der Waals surface area contributed by atoms with Crippen LogP contribution in [0.4, 0.5) is 5.69 Å². The molecule has 0 aliphatic rings. The predicted molar refractivity (Wildman–Crippen MR) is 104 cm³/mol. The number of carbonyl (C=O) groups is 2. The molecule has 27 heavy (non-hydrogen) atoms. The second-order valence-corrected chi connectivity index (χ2v) is 6.58. The number of fused-ring (bicyclic) bond motifs is 1. The maximum Gasteiger partial charge on any atom is 0.292 e. The average Bonchev–Trinajstić information content (AvgIpc) is 3.01. The molecule has 3 rings (SSSR count). The van der Waals surface area contributed by atoms with Crippen molar-refractivity contribution in [3.63, 3.8) is 0 Å². The van der Waals surface area contributed by atoms with Crippen LogP contribution in [-0.2, 0) is 0 Å². The summed E-state index contributed by atoms with van der Waals surface area (Å²) in [7, 11) is 1.51. The number of pyridine rings is 1. The van der Waals surface area contributed by atoms with Crippen LogP contribution in [0.3, 0.4) is 0 Å². The predicted octanol–water partition coefficient (Wildman–Crippen LogP) is 3.39. The van der Waals surface area contributed by atoms with Gasteiger partial charge in [0.1, 0.15) is 5.75 Å². The van der Waals surface area contributed by atoms with Crippen LogP contribution >= 0.6 is 11.6 Å². The molecule has 3 aromatic rings. The number of anilines is 1. The van der Waals surface area contributed by atoms with Crippen molar-refractivity contribution >= 4 is 34.6 Å². The van der Waals surface area contributed by atoms with Crippen LogP contribution in [-0.4, -0.2) is 34.4 Å². The fourth-order valence-electron chi connectivity index (χ4n) is 2.63. The van der Waals surface area contributed by atoms with Gasteiger partial charge in [-0.15, -0.1) is 0 Å². The van der Waals surface area contributed by atoms with E-state index in [-0.39, 0.29) is 23.5 Å². The van der Waals surface area contributed by atoms with E-state index in [1.165, 1.54) is 7.11 Å². The molecule has 2 aromatic heterocycles. The first-order chi connectivity index (χ1) is 12.9. The smallest absolute Gasteiger partial charge is 0.292 e. The Morgan fingerprint density at radius 2 is 1.96 bits per heavy atom. The fraction of sp³-hybridized carbons (Fsp3) is 0.211. The Hall–Kier alpha value is -3.06. The molecular formula is C19H19ClN4O3. The lowest BCUT2D eigenvalue weighted by Crippen LogP contribution is -2.30. The highest BCUT2D eigenvalue weighted by atomic mass is 35.5. The lowest BCUT2D eigenvalue weighted by Gasteiger charge is -2.07. The van der Waals surface area contributed by atoms with Crippen molar-refractivity contribution in [2.45, 2.75) is 19.9 Å². The molecular weight excluding hydrogens is 368 g/mol. The molecule has 0 radical (unpaired) electrons. The van der Waals surface area contributed by atoms with Gasteiger partial charge in [0, 0.05) is 17.9 Å². The second kappa shape index (κ2) is 7.67. The highest BCUT2D eigenvalue weighted by molar-refractivity contribution is 6.32. The number of halogens is 1. The van der Waals surface area contributed by atoms with Crippen LogP contribution < -0.4 is 15.4 Å². The summed E-state index contributed by atoms with van der Waals surface area (Å²) < 4.78 is 6.68. The SMILES string of the molecule is COc1ccc(NC(=O)c2nc(C(=O)NC(C)C)c3ccccn23)cc1Cl. The van der Waals surface area contributed by atoms with E-state index in [1.54, 1.807) is 47.0 Å². The van der Waals surface area contributed by atoms with Crippen LogP contribution in [0.5, 0.6) is 5.75 Å². The van der Waals surface area contributed by atoms with E-state index < -0.39 is 5.91 Å². The number of imidazole rings is 1. The van der Waals surface area contributed by atoms with Crippen molar-refractivity contribution in [3.8, 4) is 5.75 Å². The summed E-state index contributed by atoms with van der Waals surface area (Å²) in [5, 5.41) is 5.91. The topological polar surface area (TPSA) is 84.7 Å². The molecule has 7 nitrogen and oxygen atoms in total. The zero-order chi connectivity index (χ0) is 19.6. The molecule has 0 saturated carbocycles. The summed E-state index contributed by atoms with van der Waals surface area (Å²) in [6, 6.07) is 10.2. The Labute approximate surface area is 161 Å². The van der Waals surface area contributed by atoms with Gasteiger partial charge in [-0.3, -0.25) is 14.0 Å². The third kappa shape index (κ3) is 3.88. The van der Waals surface area contributed by atoms with Crippen molar-refractivity contribution < 1.29 is 14.3 Å². The Morgan fingerprint density at radius 1 is 1.19 bits per heavy atom. The first-order valence-corrected chi connectivity index (χ1v) is 8.71. The van der Waals surface area contributed by atoms with Crippen LogP contribution in [0, 0.1) is 0 Å². The Bertz CT molecular complexity index is 1010. The molecule has 0 fully saturated rings. The summed E-state index contributed by atoms with van der Waals surface area (Å²) in [6.45, 7) is 3.72. The van der Waals surface area contributed by atoms with Gasteiger partial charge in [-0.25, -0.2) is 4.98 Å². The number of nitrogens with one attached hydrogen (secondary N) is 2. The molecule has 0 aliphatic carbocycles. The van der Waals surface area contributed by atoms with Crippen molar-refractivity contribution in [2.75, 3.05) is 12.4 Å². The van der Waals surface area contributed by atoms with E-state index in [0.717, 1.165) is 0 Å². The lowest BCUT2D eigenvalue weighted by atomic mass is 10.3. The minimum absolute atomic E-state index is 0.0447. The zero-order valence-electron chi connectivity index (χ0n) is 15.1. The van der Waals surface area contributed by atoms with E-state index in [9.17, 15) is 9.59 Å². The molecule has 0 unspecified atom stereocenters. The number of hydrogen-bond acceptors (Lipinski definition) is 4. The van der Waals surface area contributed by atoms with Gasteiger partial charge in [0.05, 0.1) is 17.6 Å². The van der Waals surface area contributed by atoms with Gasteiger partial charge in [0.2, 0.25) is 5.82 Å². The van der Waals surface area contributed by atoms with E-state index in [4.69, 9.17) is 16.3 Å². The van der Waals surface area contributed by atoms with Gasteiger partial charge in [-0.1, -0.05) is 17.7 Å². The van der Waals surface area contributed by atoms with Crippen LogP contribution in [0.2, 0.25) is 5.02 Å². The molecule has 0 saturated heterocycles.